The van der Waals surface area contributed by atoms with E-state index < -0.39 is 0 Å². The van der Waals surface area contributed by atoms with E-state index in [9.17, 15) is 4.79 Å². The number of hydrogen-bond acceptors (Lipinski definition) is 4. The van der Waals surface area contributed by atoms with Crippen molar-refractivity contribution in [2.45, 2.75) is 6.54 Å². The highest BCUT2D eigenvalue weighted by molar-refractivity contribution is 5.93. The first kappa shape index (κ1) is 12.9. The van der Waals surface area contributed by atoms with Gasteiger partial charge in [-0.1, -0.05) is 12.1 Å². The standard InChI is InChI=1S/C14H15N3O2/c1-19-12-4-2-3-10(7-12)8-17-14(18)11-5-6-13(15)16-9-11/h2-7,9H,8H2,1H3,(H2,15,16)(H,17,18). The van der Waals surface area contributed by atoms with E-state index in [1.54, 1.807) is 19.2 Å². The van der Waals surface area contributed by atoms with Gasteiger partial charge in [0.25, 0.3) is 5.91 Å². The minimum Gasteiger partial charge on any atom is -0.497 e. The second-order valence-corrected chi connectivity index (χ2v) is 4.01. The molecule has 0 aliphatic rings. The number of pyridine rings is 1. The Bertz CT molecular complexity index is 567. The van der Waals surface area contributed by atoms with E-state index in [-0.39, 0.29) is 5.91 Å². The maximum Gasteiger partial charge on any atom is 0.253 e. The van der Waals surface area contributed by atoms with Gasteiger partial charge in [0.05, 0.1) is 12.7 Å². The van der Waals surface area contributed by atoms with Gasteiger partial charge in [0, 0.05) is 12.7 Å². The Morgan fingerprint density at radius 1 is 1.37 bits per heavy atom. The van der Waals surface area contributed by atoms with Crippen molar-refractivity contribution in [3.05, 3.63) is 53.7 Å². The van der Waals surface area contributed by atoms with E-state index in [0.717, 1.165) is 11.3 Å². The van der Waals surface area contributed by atoms with Crippen molar-refractivity contribution in [1.29, 1.82) is 0 Å². The lowest BCUT2D eigenvalue weighted by molar-refractivity contribution is 0.0950. The number of carbonyl (C=O) groups is 1. The number of carbonyl (C=O) groups excluding carboxylic acids is 1. The van der Waals surface area contributed by atoms with Gasteiger partial charge in [0.2, 0.25) is 0 Å². The molecule has 98 valence electrons. The SMILES string of the molecule is COc1cccc(CNC(=O)c2ccc(N)nc2)c1. The topological polar surface area (TPSA) is 77.2 Å². The van der Waals surface area contributed by atoms with Crippen LogP contribution in [0.1, 0.15) is 15.9 Å². The fourth-order valence-corrected chi connectivity index (χ4v) is 1.61. The van der Waals surface area contributed by atoms with E-state index >= 15 is 0 Å². The van der Waals surface area contributed by atoms with Gasteiger partial charge in [0.15, 0.2) is 0 Å². The second-order valence-electron chi connectivity index (χ2n) is 4.01. The molecule has 0 saturated carbocycles. The van der Waals surface area contributed by atoms with Crippen LogP contribution in [0, 0.1) is 0 Å². The Hall–Kier alpha value is -2.56. The van der Waals surface area contributed by atoms with Crippen LogP contribution in [0.15, 0.2) is 42.6 Å². The molecule has 0 saturated heterocycles. The molecule has 19 heavy (non-hydrogen) atoms. The molecule has 1 aromatic carbocycles. The van der Waals surface area contributed by atoms with Gasteiger partial charge in [-0.25, -0.2) is 4.98 Å². The van der Waals surface area contributed by atoms with E-state index in [4.69, 9.17) is 10.5 Å². The third-order valence-corrected chi connectivity index (χ3v) is 2.64. The van der Waals surface area contributed by atoms with Crippen LogP contribution in [0.2, 0.25) is 0 Å². The number of aromatic nitrogens is 1. The zero-order chi connectivity index (χ0) is 13.7. The highest BCUT2D eigenvalue weighted by atomic mass is 16.5. The van der Waals surface area contributed by atoms with Gasteiger partial charge in [-0.2, -0.15) is 0 Å². The highest BCUT2D eigenvalue weighted by Gasteiger charge is 2.05. The Kier molecular flexibility index (Phi) is 3.97. The van der Waals surface area contributed by atoms with Gasteiger partial charge in [-0.3, -0.25) is 4.79 Å². The summed E-state index contributed by atoms with van der Waals surface area (Å²) in [4.78, 5) is 15.7. The predicted octanol–water partition coefficient (Wildman–Crippen LogP) is 1.60. The van der Waals surface area contributed by atoms with Crippen molar-refractivity contribution >= 4 is 11.7 Å². The number of hydrogen-bond donors (Lipinski definition) is 2. The fourth-order valence-electron chi connectivity index (χ4n) is 1.61. The van der Waals surface area contributed by atoms with Crippen LogP contribution in [0.3, 0.4) is 0 Å². The van der Waals surface area contributed by atoms with Crippen LogP contribution < -0.4 is 15.8 Å². The molecule has 1 aromatic heterocycles. The van der Waals surface area contributed by atoms with Crippen molar-refractivity contribution in [1.82, 2.24) is 10.3 Å². The molecule has 0 bridgehead atoms. The molecular weight excluding hydrogens is 242 g/mol. The summed E-state index contributed by atoms with van der Waals surface area (Å²) in [5, 5.41) is 2.81. The summed E-state index contributed by atoms with van der Waals surface area (Å²) in [7, 11) is 1.61. The first-order valence-electron chi connectivity index (χ1n) is 5.81. The zero-order valence-corrected chi connectivity index (χ0v) is 10.6. The molecule has 0 atom stereocenters. The van der Waals surface area contributed by atoms with Gasteiger partial charge >= 0.3 is 0 Å². The molecule has 1 heterocycles. The fraction of sp³-hybridized carbons (Fsp3) is 0.143. The number of nitrogen functional groups attached to an aromatic ring is 1. The maximum absolute atomic E-state index is 11.9. The van der Waals surface area contributed by atoms with Crippen LogP contribution >= 0.6 is 0 Å². The number of benzene rings is 1. The van der Waals surface area contributed by atoms with E-state index in [0.29, 0.717) is 17.9 Å². The van der Waals surface area contributed by atoms with Crippen LogP contribution in [-0.2, 0) is 6.54 Å². The van der Waals surface area contributed by atoms with E-state index in [2.05, 4.69) is 10.3 Å². The Morgan fingerprint density at radius 2 is 2.21 bits per heavy atom. The number of nitrogens with one attached hydrogen (secondary N) is 1. The number of ether oxygens (including phenoxy) is 1. The molecule has 0 radical (unpaired) electrons. The summed E-state index contributed by atoms with van der Waals surface area (Å²) in [5.74, 6) is 0.973. The first-order chi connectivity index (χ1) is 9.19. The minimum atomic E-state index is -0.185. The molecular formula is C14H15N3O2. The lowest BCUT2D eigenvalue weighted by Crippen LogP contribution is -2.22. The number of methoxy groups -OCH3 is 1. The summed E-state index contributed by atoms with van der Waals surface area (Å²) in [5.41, 5.74) is 6.92. The lowest BCUT2D eigenvalue weighted by atomic mass is 10.2. The van der Waals surface area contributed by atoms with E-state index in [1.165, 1.54) is 6.20 Å². The molecule has 0 spiro atoms. The van der Waals surface area contributed by atoms with Crippen molar-refractivity contribution in [3.63, 3.8) is 0 Å². The number of rotatable bonds is 4. The van der Waals surface area contributed by atoms with Crippen molar-refractivity contribution in [3.8, 4) is 5.75 Å². The third kappa shape index (κ3) is 3.45. The smallest absolute Gasteiger partial charge is 0.253 e. The van der Waals surface area contributed by atoms with Crippen LogP contribution in [0.5, 0.6) is 5.75 Å². The summed E-state index contributed by atoms with van der Waals surface area (Å²) in [6.45, 7) is 0.431. The molecule has 5 nitrogen and oxygen atoms in total. The summed E-state index contributed by atoms with van der Waals surface area (Å²) >= 11 is 0. The van der Waals surface area contributed by atoms with Crippen molar-refractivity contribution in [2.24, 2.45) is 0 Å². The van der Waals surface area contributed by atoms with Crippen molar-refractivity contribution < 1.29 is 9.53 Å². The largest absolute Gasteiger partial charge is 0.497 e. The average molecular weight is 257 g/mol. The van der Waals surface area contributed by atoms with E-state index in [1.807, 2.05) is 24.3 Å². The summed E-state index contributed by atoms with van der Waals surface area (Å²) in [6.07, 6.45) is 1.45. The quantitative estimate of drug-likeness (QED) is 0.872. The first-order valence-corrected chi connectivity index (χ1v) is 5.81. The Morgan fingerprint density at radius 3 is 2.89 bits per heavy atom. The maximum atomic E-state index is 11.9. The summed E-state index contributed by atoms with van der Waals surface area (Å²) < 4.78 is 5.12. The molecule has 0 unspecified atom stereocenters. The molecule has 0 aliphatic carbocycles. The molecule has 0 aliphatic heterocycles. The Balaban J connectivity index is 1.98. The number of anilines is 1. The van der Waals surface area contributed by atoms with Crippen LogP contribution in [0.25, 0.3) is 0 Å². The number of nitrogens with zero attached hydrogens (tertiary/aromatic N) is 1. The lowest BCUT2D eigenvalue weighted by Gasteiger charge is -2.07. The number of amides is 1. The Labute approximate surface area is 111 Å². The molecule has 3 N–H and O–H groups in total. The molecule has 5 heteroatoms. The molecule has 1 amide bonds. The van der Waals surface area contributed by atoms with Crippen LogP contribution in [0.4, 0.5) is 5.82 Å². The highest BCUT2D eigenvalue weighted by Crippen LogP contribution is 2.12. The van der Waals surface area contributed by atoms with Gasteiger partial charge in [-0.15, -0.1) is 0 Å². The molecule has 2 aromatic rings. The normalized spacial score (nSPS) is 9.95. The molecule has 0 fully saturated rings. The van der Waals surface area contributed by atoms with Gasteiger partial charge in [-0.05, 0) is 29.8 Å². The third-order valence-electron chi connectivity index (χ3n) is 2.64. The van der Waals surface area contributed by atoms with Crippen LogP contribution in [-0.4, -0.2) is 18.0 Å². The zero-order valence-electron chi connectivity index (χ0n) is 10.6. The van der Waals surface area contributed by atoms with Gasteiger partial charge in [0.1, 0.15) is 11.6 Å². The van der Waals surface area contributed by atoms with Gasteiger partial charge < -0.3 is 15.8 Å². The predicted molar refractivity (Wildman–Crippen MR) is 72.8 cm³/mol. The minimum absolute atomic E-state index is 0.185. The van der Waals surface area contributed by atoms with Crippen molar-refractivity contribution in [2.75, 3.05) is 12.8 Å². The summed E-state index contributed by atoms with van der Waals surface area (Å²) in [6, 6.07) is 10.8. The second kappa shape index (κ2) is 5.86. The number of nitrogens with two attached hydrogens (primary N) is 1. The molecule has 2 rings (SSSR count). The monoisotopic (exact) mass is 257 g/mol. The average Bonchev–Trinajstić information content (AvgIpc) is 2.46.